The van der Waals surface area contributed by atoms with Gasteiger partial charge in [-0.15, -0.1) is 0 Å². The Kier molecular flexibility index (Phi) is 5.50. The number of piperidine rings is 1. The van der Waals surface area contributed by atoms with Gasteiger partial charge in [-0.3, -0.25) is 9.78 Å². The van der Waals surface area contributed by atoms with E-state index in [2.05, 4.69) is 11.1 Å². The normalized spacial score (nSPS) is 15.1. The highest BCUT2D eigenvalue weighted by atomic mass is 16.6. The van der Waals surface area contributed by atoms with Crippen LogP contribution in [0.15, 0.2) is 24.4 Å². The van der Waals surface area contributed by atoms with Crippen LogP contribution in [0.5, 0.6) is 5.75 Å². The first kappa shape index (κ1) is 19.6. The van der Waals surface area contributed by atoms with Gasteiger partial charge in [-0.2, -0.15) is 5.26 Å². The van der Waals surface area contributed by atoms with E-state index >= 15 is 0 Å². The van der Waals surface area contributed by atoms with Gasteiger partial charge in [0.25, 0.3) is 0 Å². The van der Waals surface area contributed by atoms with Crippen molar-refractivity contribution in [2.24, 2.45) is 0 Å². The van der Waals surface area contributed by atoms with Gasteiger partial charge < -0.3 is 14.4 Å². The van der Waals surface area contributed by atoms with Crippen molar-refractivity contribution in [3.05, 3.63) is 35.5 Å². The van der Waals surface area contributed by atoms with Gasteiger partial charge in [-0.1, -0.05) is 0 Å². The number of rotatable bonds is 3. The fourth-order valence-corrected chi connectivity index (χ4v) is 3.12. The highest BCUT2D eigenvalue weighted by Crippen LogP contribution is 2.31. The van der Waals surface area contributed by atoms with Gasteiger partial charge in [0.2, 0.25) is 0 Å². The Morgan fingerprint density at radius 2 is 2.04 bits per heavy atom. The van der Waals surface area contributed by atoms with Gasteiger partial charge in [0.05, 0.1) is 5.52 Å². The van der Waals surface area contributed by atoms with Crippen molar-refractivity contribution in [3.63, 3.8) is 0 Å². The van der Waals surface area contributed by atoms with E-state index in [1.54, 1.807) is 23.1 Å². The molecule has 0 radical (unpaired) electrons. The van der Waals surface area contributed by atoms with E-state index in [1.807, 2.05) is 20.8 Å². The van der Waals surface area contributed by atoms with Crippen molar-refractivity contribution in [2.45, 2.75) is 45.3 Å². The molecule has 28 heavy (non-hydrogen) atoms. The summed E-state index contributed by atoms with van der Waals surface area (Å²) in [6.45, 7) is 6.55. The molecule has 7 heteroatoms. The van der Waals surface area contributed by atoms with Gasteiger partial charge in [-0.25, -0.2) is 4.79 Å². The fourth-order valence-electron chi connectivity index (χ4n) is 3.12. The predicted octanol–water partition coefficient (Wildman–Crippen LogP) is 3.70. The molecule has 3 rings (SSSR count). The van der Waals surface area contributed by atoms with E-state index in [0.717, 1.165) is 6.29 Å². The minimum Gasteiger partial charge on any atom is -0.488 e. The summed E-state index contributed by atoms with van der Waals surface area (Å²) in [5.41, 5.74) is 0.947. The molecule has 2 aromatic rings. The van der Waals surface area contributed by atoms with E-state index in [-0.39, 0.29) is 12.2 Å². The monoisotopic (exact) mass is 381 g/mol. The van der Waals surface area contributed by atoms with E-state index in [4.69, 9.17) is 9.47 Å². The van der Waals surface area contributed by atoms with Gasteiger partial charge >= 0.3 is 6.09 Å². The zero-order valence-corrected chi connectivity index (χ0v) is 16.3. The maximum absolute atomic E-state index is 12.2. The van der Waals surface area contributed by atoms with Crippen LogP contribution in [-0.4, -0.2) is 47.1 Å². The van der Waals surface area contributed by atoms with Crippen LogP contribution < -0.4 is 4.74 Å². The smallest absolute Gasteiger partial charge is 0.410 e. The van der Waals surface area contributed by atoms with Gasteiger partial charge in [0.1, 0.15) is 35.4 Å². The summed E-state index contributed by atoms with van der Waals surface area (Å²) < 4.78 is 11.6. The molecule has 0 bridgehead atoms. The number of likely N-dealkylation sites (tertiary alicyclic amines) is 1. The van der Waals surface area contributed by atoms with Crippen LogP contribution in [0.4, 0.5) is 4.79 Å². The lowest BCUT2D eigenvalue weighted by Crippen LogP contribution is -2.44. The molecule has 0 aliphatic carbocycles. The van der Waals surface area contributed by atoms with Gasteiger partial charge in [0.15, 0.2) is 0 Å². The van der Waals surface area contributed by atoms with Crippen molar-refractivity contribution in [2.75, 3.05) is 13.1 Å². The minimum absolute atomic E-state index is 0.142. The lowest BCUT2D eigenvalue weighted by Gasteiger charge is -2.33. The predicted molar refractivity (Wildman–Crippen MR) is 103 cm³/mol. The van der Waals surface area contributed by atoms with Crippen LogP contribution in [0.25, 0.3) is 10.9 Å². The third-order valence-corrected chi connectivity index (χ3v) is 4.48. The average Bonchev–Trinajstić information content (AvgIpc) is 2.67. The molecule has 0 unspecified atom stereocenters. The number of benzene rings is 1. The quantitative estimate of drug-likeness (QED) is 0.753. The first-order valence-corrected chi connectivity index (χ1v) is 9.23. The Morgan fingerprint density at radius 3 is 2.64 bits per heavy atom. The highest BCUT2D eigenvalue weighted by Gasteiger charge is 2.28. The number of hydrogen-bond donors (Lipinski definition) is 0. The molecule has 1 aromatic carbocycles. The highest BCUT2D eigenvalue weighted by molar-refractivity contribution is 5.92. The number of amides is 1. The molecule has 1 amide bonds. The largest absolute Gasteiger partial charge is 0.488 e. The van der Waals surface area contributed by atoms with E-state index in [9.17, 15) is 14.9 Å². The summed E-state index contributed by atoms with van der Waals surface area (Å²) in [7, 11) is 0. The second-order valence-corrected chi connectivity index (χ2v) is 7.79. The Hall–Kier alpha value is -3.14. The molecule has 7 nitrogen and oxygen atoms in total. The number of ether oxygens (including phenoxy) is 2. The summed E-state index contributed by atoms with van der Waals surface area (Å²) >= 11 is 0. The number of carbonyl (C=O) groups excluding carboxylic acids is 2. The Bertz CT molecular complexity index is 935. The molecule has 1 saturated heterocycles. The third kappa shape index (κ3) is 4.39. The van der Waals surface area contributed by atoms with Crippen LogP contribution in [0.2, 0.25) is 0 Å². The van der Waals surface area contributed by atoms with E-state index in [1.165, 1.54) is 6.20 Å². The Balaban J connectivity index is 1.76. The summed E-state index contributed by atoms with van der Waals surface area (Å²) in [5, 5.41) is 10.1. The summed E-state index contributed by atoms with van der Waals surface area (Å²) in [6, 6.07) is 7.20. The molecule has 0 saturated carbocycles. The molecule has 1 aliphatic heterocycles. The van der Waals surface area contributed by atoms with Gasteiger partial charge in [0, 0.05) is 43.1 Å². The van der Waals surface area contributed by atoms with Crippen molar-refractivity contribution < 1.29 is 19.1 Å². The number of aromatic nitrogens is 1. The van der Waals surface area contributed by atoms with Crippen LogP contribution in [0.3, 0.4) is 0 Å². The molecule has 1 aromatic heterocycles. The lowest BCUT2D eigenvalue weighted by molar-refractivity contribution is 0.0127. The minimum atomic E-state index is -0.529. The number of nitriles is 1. The van der Waals surface area contributed by atoms with Crippen molar-refractivity contribution in [3.8, 4) is 11.8 Å². The summed E-state index contributed by atoms with van der Waals surface area (Å²) in [6.07, 6.45) is 3.02. The molecule has 2 heterocycles. The van der Waals surface area contributed by atoms with Crippen LogP contribution in [0, 0.1) is 11.3 Å². The molecule has 0 spiro atoms. The Labute approximate surface area is 163 Å². The molecule has 0 atom stereocenters. The maximum atomic E-state index is 12.2. The number of hydrogen-bond acceptors (Lipinski definition) is 6. The van der Waals surface area contributed by atoms with E-state index < -0.39 is 5.60 Å². The maximum Gasteiger partial charge on any atom is 0.410 e. The SMILES string of the molecule is CC(C)(C)OC(=O)N1CCC(Oc2c(C#N)cnc3ccc(C=O)cc23)CC1. The van der Waals surface area contributed by atoms with E-state index in [0.29, 0.717) is 53.7 Å². The molecule has 1 aliphatic rings. The molecule has 0 N–H and O–H groups in total. The molecule has 146 valence electrons. The van der Waals surface area contributed by atoms with Crippen molar-refractivity contribution in [1.82, 2.24) is 9.88 Å². The zero-order chi connectivity index (χ0) is 20.3. The average molecular weight is 381 g/mol. The van der Waals surface area contributed by atoms with Crippen LogP contribution in [-0.2, 0) is 4.74 Å². The first-order chi connectivity index (χ1) is 13.3. The number of nitrogens with zero attached hydrogens (tertiary/aromatic N) is 3. The first-order valence-electron chi connectivity index (χ1n) is 9.23. The van der Waals surface area contributed by atoms with Crippen LogP contribution >= 0.6 is 0 Å². The van der Waals surface area contributed by atoms with Crippen molar-refractivity contribution >= 4 is 23.3 Å². The number of pyridine rings is 1. The number of carbonyl (C=O) groups is 2. The standard InChI is InChI=1S/C21H23N3O4/c1-21(2,3)28-20(26)24-8-6-16(7-9-24)27-19-15(11-22)12-23-18-5-4-14(13-25)10-17(18)19/h4-5,10,12-13,16H,6-9H2,1-3H3. The topological polar surface area (TPSA) is 92.5 Å². The zero-order valence-electron chi connectivity index (χ0n) is 16.3. The third-order valence-electron chi connectivity index (χ3n) is 4.48. The Morgan fingerprint density at radius 1 is 1.32 bits per heavy atom. The number of fused-ring (bicyclic) bond motifs is 1. The second kappa shape index (κ2) is 7.85. The lowest BCUT2D eigenvalue weighted by atomic mass is 10.1. The summed E-state index contributed by atoms with van der Waals surface area (Å²) in [5.74, 6) is 0.437. The molecular weight excluding hydrogens is 358 g/mol. The summed E-state index contributed by atoms with van der Waals surface area (Å²) in [4.78, 5) is 29.3. The second-order valence-electron chi connectivity index (χ2n) is 7.79. The van der Waals surface area contributed by atoms with Gasteiger partial charge in [-0.05, 0) is 39.0 Å². The fraction of sp³-hybridized carbons (Fsp3) is 0.429. The van der Waals surface area contributed by atoms with Crippen LogP contribution in [0.1, 0.15) is 49.5 Å². The van der Waals surface area contributed by atoms with Crippen molar-refractivity contribution in [1.29, 1.82) is 5.26 Å². The molecular formula is C21H23N3O4. The molecule has 1 fully saturated rings. The number of aldehydes is 1.